The first-order chi connectivity index (χ1) is 29.8. The minimum absolute atomic E-state index is 0.183. The van der Waals surface area contributed by atoms with Crippen LogP contribution in [-0.2, 0) is 14.3 Å². The van der Waals surface area contributed by atoms with E-state index in [9.17, 15) is 30.3 Å². The molecule has 0 aliphatic carbocycles. The summed E-state index contributed by atoms with van der Waals surface area (Å²) in [5.74, 6) is -0.183. The normalized spacial score (nSPS) is 20.5. The Kier molecular flexibility index (Phi) is 40.3. The van der Waals surface area contributed by atoms with Gasteiger partial charge in [0.1, 0.15) is 24.4 Å². The van der Waals surface area contributed by atoms with E-state index in [0.717, 1.165) is 57.8 Å². The lowest BCUT2D eigenvalue weighted by atomic mass is 9.99. The lowest BCUT2D eigenvalue weighted by Crippen LogP contribution is -2.60. The minimum atomic E-state index is -1.57. The lowest BCUT2D eigenvalue weighted by molar-refractivity contribution is -0.302. The minimum Gasteiger partial charge on any atom is -0.394 e. The van der Waals surface area contributed by atoms with E-state index in [1.807, 2.05) is 6.08 Å². The Hall–Kier alpha value is -1.33. The smallest absolute Gasteiger partial charge is 0.220 e. The third-order valence-electron chi connectivity index (χ3n) is 12.5. The van der Waals surface area contributed by atoms with Gasteiger partial charge in [-0.2, -0.15) is 0 Å². The summed E-state index contributed by atoms with van der Waals surface area (Å²) < 4.78 is 11.2. The van der Waals surface area contributed by atoms with Crippen LogP contribution in [0.3, 0.4) is 0 Å². The summed E-state index contributed by atoms with van der Waals surface area (Å²) in [5, 5.41) is 54.4. The van der Waals surface area contributed by atoms with Crippen molar-refractivity contribution >= 4 is 5.91 Å². The molecule has 1 aliphatic rings. The number of ether oxygens (including phenoxy) is 2. The number of aliphatic hydroxyl groups is 5. The molecule has 1 aliphatic heterocycles. The third kappa shape index (κ3) is 32.9. The predicted octanol–water partition coefficient (Wildman–Crippen LogP) is 11.8. The second-order valence-corrected chi connectivity index (χ2v) is 18.3. The first-order valence-corrected chi connectivity index (χ1v) is 26.1. The van der Waals surface area contributed by atoms with Gasteiger partial charge in [0.25, 0.3) is 0 Å². The third-order valence-corrected chi connectivity index (χ3v) is 12.5. The quantitative estimate of drug-likeness (QED) is 0.0262. The Morgan fingerprint density at radius 2 is 0.918 bits per heavy atom. The van der Waals surface area contributed by atoms with Gasteiger partial charge in [-0.3, -0.25) is 4.79 Å². The zero-order valence-electron chi connectivity index (χ0n) is 39.7. The fraction of sp³-hybridized carbons (Fsp3) is 0.904. The maximum atomic E-state index is 13.0. The highest BCUT2D eigenvalue weighted by Gasteiger charge is 2.44. The van der Waals surface area contributed by atoms with Gasteiger partial charge in [0.2, 0.25) is 5.91 Å². The van der Waals surface area contributed by atoms with Crippen molar-refractivity contribution in [1.82, 2.24) is 5.32 Å². The van der Waals surface area contributed by atoms with Gasteiger partial charge in [0.05, 0.1) is 25.4 Å². The molecule has 0 aromatic heterocycles. The van der Waals surface area contributed by atoms with Crippen LogP contribution in [0.5, 0.6) is 0 Å². The lowest BCUT2D eigenvalue weighted by Gasteiger charge is -2.40. The Bertz CT molecular complexity index is 1010. The molecule has 0 bridgehead atoms. The average molecular weight is 866 g/mol. The molecule has 1 saturated heterocycles. The van der Waals surface area contributed by atoms with Crippen LogP contribution in [0.25, 0.3) is 0 Å². The van der Waals surface area contributed by atoms with Crippen molar-refractivity contribution in [2.75, 3.05) is 13.2 Å². The summed E-state index contributed by atoms with van der Waals surface area (Å²) in [6.45, 7) is 3.79. The molecule has 1 amide bonds. The number of carbonyl (C=O) groups excluding carboxylic acids is 1. The van der Waals surface area contributed by atoms with Crippen LogP contribution in [0.1, 0.15) is 245 Å². The standard InChI is InChI=1S/C52H99NO8/c1-3-5-7-9-11-13-15-17-19-21-22-23-24-25-26-27-29-31-33-35-37-39-41-46(55)45(44-60-52-51(59)50(58)49(57)47(43-54)61-52)53-48(56)42-40-38-36-34-32-30-28-20-18-16-14-12-10-8-6-4-2/h20,28,39,41,45-47,49-52,54-55,57-59H,3-19,21-27,29-38,40,42-44H2,1-2H3,(H,53,56)/b28-20-,41-39+. The Morgan fingerprint density at radius 1 is 0.541 bits per heavy atom. The molecule has 7 atom stereocenters. The van der Waals surface area contributed by atoms with Gasteiger partial charge in [-0.25, -0.2) is 0 Å². The Labute approximate surface area is 375 Å². The number of amides is 1. The molecule has 0 saturated carbocycles. The largest absolute Gasteiger partial charge is 0.394 e. The van der Waals surface area contributed by atoms with E-state index < -0.39 is 49.5 Å². The fourth-order valence-electron chi connectivity index (χ4n) is 8.33. The van der Waals surface area contributed by atoms with E-state index in [2.05, 4.69) is 31.3 Å². The molecule has 0 aromatic carbocycles. The van der Waals surface area contributed by atoms with E-state index in [0.29, 0.717) is 6.42 Å². The highest BCUT2D eigenvalue weighted by molar-refractivity contribution is 5.76. The van der Waals surface area contributed by atoms with E-state index in [1.165, 1.54) is 167 Å². The number of aliphatic hydroxyl groups excluding tert-OH is 5. The topological polar surface area (TPSA) is 149 Å². The fourth-order valence-corrected chi connectivity index (χ4v) is 8.33. The van der Waals surface area contributed by atoms with Crippen LogP contribution in [0.2, 0.25) is 0 Å². The van der Waals surface area contributed by atoms with Crippen LogP contribution in [0.4, 0.5) is 0 Å². The summed E-state index contributed by atoms with van der Waals surface area (Å²) in [7, 11) is 0. The number of hydrogen-bond acceptors (Lipinski definition) is 8. The van der Waals surface area contributed by atoms with E-state index in [-0.39, 0.29) is 12.5 Å². The zero-order chi connectivity index (χ0) is 44.4. The van der Waals surface area contributed by atoms with E-state index in [4.69, 9.17) is 9.47 Å². The van der Waals surface area contributed by atoms with Crippen molar-refractivity contribution in [3.05, 3.63) is 24.3 Å². The van der Waals surface area contributed by atoms with E-state index in [1.54, 1.807) is 6.08 Å². The number of rotatable bonds is 44. The molecule has 1 heterocycles. The van der Waals surface area contributed by atoms with Crippen LogP contribution in [0.15, 0.2) is 24.3 Å². The second kappa shape index (κ2) is 42.6. The number of nitrogens with one attached hydrogen (secondary N) is 1. The van der Waals surface area contributed by atoms with Crippen molar-refractivity contribution in [1.29, 1.82) is 0 Å². The van der Waals surface area contributed by atoms with Crippen LogP contribution < -0.4 is 5.32 Å². The van der Waals surface area contributed by atoms with Gasteiger partial charge >= 0.3 is 0 Å². The van der Waals surface area contributed by atoms with Crippen molar-refractivity contribution in [3.63, 3.8) is 0 Å². The summed E-state index contributed by atoms with van der Waals surface area (Å²) in [4.78, 5) is 13.0. The predicted molar refractivity (Wildman–Crippen MR) is 253 cm³/mol. The zero-order valence-corrected chi connectivity index (χ0v) is 39.7. The molecule has 1 rings (SSSR count). The number of hydrogen-bond donors (Lipinski definition) is 6. The van der Waals surface area contributed by atoms with Crippen LogP contribution in [-0.4, -0.2) is 87.5 Å². The summed E-state index contributed by atoms with van der Waals surface area (Å²) >= 11 is 0. The van der Waals surface area contributed by atoms with Crippen LogP contribution >= 0.6 is 0 Å². The second-order valence-electron chi connectivity index (χ2n) is 18.3. The SMILES string of the molecule is CCCCCCCCC/C=C\CCCCCCCC(=O)NC(COC1OC(CO)C(O)C(O)C1O)C(O)/C=C/CCCCCCCCCCCCCCCCCCCCCC. The van der Waals surface area contributed by atoms with Gasteiger partial charge in [-0.1, -0.05) is 218 Å². The maximum absolute atomic E-state index is 13.0. The van der Waals surface area contributed by atoms with Gasteiger partial charge in [-0.15, -0.1) is 0 Å². The van der Waals surface area contributed by atoms with Crippen LogP contribution in [0, 0.1) is 0 Å². The first kappa shape index (κ1) is 57.7. The van der Waals surface area contributed by atoms with Crippen molar-refractivity contribution in [2.45, 2.75) is 288 Å². The highest BCUT2D eigenvalue weighted by Crippen LogP contribution is 2.23. The summed E-state index contributed by atoms with van der Waals surface area (Å²) in [6.07, 6.45) is 45.1. The molecule has 9 heteroatoms. The molecule has 9 nitrogen and oxygen atoms in total. The number of carbonyl (C=O) groups is 1. The molecule has 0 spiro atoms. The molecule has 1 fully saturated rings. The average Bonchev–Trinajstić information content (AvgIpc) is 3.26. The Morgan fingerprint density at radius 3 is 1.33 bits per heavy atom. The molecule has 6 N–H and O–H groups in total. The number of allylic oxidation sites excluding steroid dienone is 3. The molecular formula is C52H99NO8. The van der Waals surface area contributed by atoms with Gasteiger partial charge in [-0.05, 0) is 44.9 Å². The molecule has 0 aromatic rings. The molecule has 360 valence electrons. The van der Waals surface area contributed by atoms with Gasteiger partial charge in [0, 0.05) is 6.42 Å². The monoisotopic (exact) mass is 866 g/mol. The van der Waals surface area contributed by atoms with Gasteiger partial charge in [0.15, 0.2) is 6.29 Å². The highest BCUT2D eigenvalue weighted by atomic mass is 16.7. The summed E-state index contributed by atoms with van der Waals surface area (Å²) in [6, 6.07) is -0.807. The maximum Gasteiger partial charge on any atom is 0.220 e. The molecule has 7 unspecified atom stereocenters. The van der Waals surface area contributed by atoms with Crippen molar-refractivity contribution in [3.8, 4) is 0 Å². The molecule has 61 heavy (non-hydrogen) atoms. The van der Waals surface area contributed by atoms with Gasteiger partial charge < -0.3 is 40.3 Å². The first-order valence-electron chi connectivity index (χ1n) is 26.1. The van der Waals surface area contributed by atoms with Crippen molar-refractivity contribution < 1.29 is 39.8 Å². The summed E-state index contributed by atoms with van der Waals surface area (Å²) in [5.41, 5.74) is 0. The Balaban J connectivity index is 2.29. The van der Waals surface area contributed by atoms with E-state index >= 15 is 0 Å². The number of unbranched alkanes of at least 4 members (excludes halogenated alkanes) is 32. The molecular weight excluding hydrogens is 767 g/mol. The molecule has 0 radical (unpaired) electrons. The van der Waals surface area contributed by atoms with Crippen molar-refractivity contribution in [2.24, 2.45) is 0 Å².